The maximum absolute atomic E-state index is 15.0. The minimum atomic E-state index is -0.541. The van der Waals surface area contributed by atoms with Gasteiger partial charge in [0.25, 0.3) is 0 Å². The van der Waals surface area contributed by atoms with Crippen LogP contribution in [-0.2, 0) is 29.0 Å². The number of amides is 2. The molecule has 0 bridgehead atoms. The number of ether oxygens (including phenoxy) is 2. The Bertz CT molecular complexity index is 3640. The van der Waals surface area contributed by atoms with Crippen LogP contribution >= 0.6 is 11.6 Å². The van der Waals surface area contributed by atoms with Crippen LogP contribution in [0.3, 0.4) is 0 Å². The van der Waals surface area contributed by atoms with Crippen LogP contribution in [0.25, 0.3) is 44.3 Å². The van der Waals surface area contributed by atoms with Gasteiger partial charge in [-0.05, 0) is 142 Å². The lowest BCUT2D eigenvalue weighted by atomic mass is 10.0. The smallest absolute Gasteiger partial charge is 0.410 e. The molecule has 0 atom stereocenters. The number of fused-ring (bicyclic) bond motifs is 2. The quantitative estimate of drug-likeness (QED) is 0.0999. The molecule has 0 spiro atoms. The van der Waals surface area contributed by atoms with Crippen molar-refractivity contribution in [2.45, 2.75) is 126 Å². The fourth-order valence-corrected chi connectivity index (χ4v) is 10.2. The zero-order valence-electron chi connectivity index (χ0n) is 50.2. The molecule has 0 unspecified atom stereocenters. The summed E-state index contributed by atoms with van der Waals surface area (Å²) in [5.74, 6) is 0.108. The molecule has 2 amide bonds. The zero-order chi connectivity index (χ0) is 61.7. The van der Waals surface area contributed by atoms with Crippen molar-refractivity contribution in [3.05, 3.63) is 136 Å². The largest absolute Gasteiger partial charge is 0.444 e. The Morgan fingerprint density at radius 3 is 1.36 bits per heavy atom. The van der Waals surface area contributed by atoms with E-state index in [0.29, 0.717) is 78.6 Å². The van der Waals surface area contributed by atoms with Crippen LogP contribution in [0.2, 0.25) is 5.28 Å². The number of aromatic nitrogens is 10. The monoisotopic (exact) mass is 1190 g/mol. The molecular formula is C61H74ClF4N15O4. The third-order valence-corrected chi connectivity index (χ3v) is 14.1. The van der Waals surface area contributed by atoms with E-state index in [2.05, 4.69) is 49.7 Å². The van der Waals surface area contributed by atoms with Crippen molar-refractivity contribution in [2.75, 3.05) is 58.1 Å². The second kappa shape index (κ2) is 26.6. The normalized spacial score (nSPS) is 14.4. The highest BCUT2D eigenvalue weighted by atomic mass is 35.5. The number of nitrogen functional groups attached to an aromatic ring is 1. The van der Waals surface area contributed by atoms with Crippen LogP contribution in [-0.4, -0.2) is 144 Å². The average Bonchev–Trinajstić information content (AvgIpc) is 1.85. The molecule has 6 aromatic heterocycles. The van der Waals surface area contributed by atoms with E-state index in [0.717, 1.165) is 62.1 Å². The molecule has 10 rings (SSSR count). The lowest BCUT2D eigenvalue weighted by molar-refractivity contribution is 0.0129. The summed E-state index contributed by atoms with van der Waals surface area (Å²) >= 11 is 5.67. The summed E-state index contributed by atoms with van der Waals surface area (Å²) in [5.41, 5.74) is 10.3. The molecule has 2 fully saturated rings. The van der Waals surface area contributed by atoms with E-state index < -0.39 is 34.5 Å². The molecule has 19 nitrogen and oxygen atoms in total. The van der Waals surface area contributed by atoms with E-state index in [1.54, 1.807) is 52.8 Å². The number of nitrogens with zero attached hydrogens (tertiary/aromatic N) is 14. The van der Waals surface area contributed by atoms with E-state index in [-0.39, 0.29) is 57.5 Å². The van der Waals surface area contributed by atoms with Crippen LogP contribution in [0.4, 0.5) is 33.0 Å². The summed E-state index contributed by atoms with van der Waals surface area (Å²) in [7, 11) is 0. The van der Waals surface area contributed by atoms with Crippen LogP contribution in [0, 0.1) is 37.1 Å². The molecule has 0 saturated carbocycles. The first-order valence-electron chi connectivity index (χ1n) is 28.2. The average molecular weight is 1190 g/mol. The number of imidazole rings is 2. The standard InChI is InChI=1S/C31H37F2N7O2.C16H16F2N4.C14H21ClN4O2/c1-19(2)40-20(3)37-29-25(32)11-22(12-27(29)40)24-13-23(34-17-26(24)33)14-28-35-15-21(16-36-28)18-38-7-9-39(10-8-38)30(41)42-31(4,5)6;1-8(2)22-9(3)21-16-12(17)4-10(5-14(16)22)11-6-15(19)20-7-13(11)18;1-14(2,3)21-13(20)19-6-4-18(5-7-19)10-11-8-16-12(15)17-9-11/h11-13,15-17,19H,7-10,14,18H2,1-6H3;4-8H,1-3H3,(H2,19,20);8-9H,4-7,10H2,1-3H3. The van der Waals surface area contributed by atoms with Gasteiger partial charge in [-0.2, -0.15) is 0 Å². The van der Waals surface area contributed by atoms with Crippen molar-refractivity contribution in [3.63, 3.8) is 0 Å². The highest BCUT2D eigenvalue weighted by Crippen LogP contribution is 2.33. The predicted octanol–water partition coefficient (Wildman–Crippen LogP) is 11.7. The van der Waals surface area contributed by atoms with Gasteiger partial charge in [0.05, 0.1) is 29.8 Å². The number of nitrogens with two attached hydrogens (primary N) is 1. The fraction of sp³-hybridized carbons (Fsp3) is 0.443. The number of hydrogen-bond acceptors (Lipinski definition) is 15. The van der Waals surface area contributed by atoms with E-state index in [9.17, 15) is 22.8 Å². The number of carbonyl (C=O) groups is 2. The van der Waals surface area contributed by atoms with Gasteiger partial charge >= 0.3 is 12.2 Å². The predicted molar refractivity (Wildman–Crippen MR) is 318 cm³/mol. The third-order valence-electron chi connectivity index (χ3n) is 13.9. The van der Waals surface area contributed by atoms with Crippen molar-refractivity contribution in [2.24, 2.45) is 0 Å². The third kappa shape index (κ3) is 16.3. The van der Waals surface area contributed by atoms with Crippen LogP contribution in [0.5, 0.6) is 0 Å². The number of benzene rings is 2. The van der Waals surface area contributed by atoms with E-state index in [4.69, 9.17) is 26.8 Å². The molecule has 2 aliphatic heterocycles. The van der Waals surface area contributed by atoms with Gasteiger partial charge in [0.1, 0.15) is 57.2 Å². The number of anilines is 1. The molecular weight excluding hydrogens is 1120 g/mol. The zero-order valence-corrected chi connectivity index (χ0v) is 51.0. The molecule has 2 saturated heterocycles. The second-order valence-corrected chi connectivity index (χ2v) is 24.0. The van der Waals surface area contributed by atoms with Gasteiger partial charge in [0.2, 0.25) is 5.28 Å². The van der Waals surface area contributed by atoms with E-state index >= 15 is 4.39 Å². The van der Waals surface area contributed by atoms with Crippen molar-refractivity contribution in [3.8, 4) is 22.3 Å². The van der Waals surface area contributed by atoms with Gasteiger partial charge in [-0.15, -0.1) is 0 Å². The molecule has 0 aliphatic carbocycles. The maximum atomic E-state index is 15.0. The van der Waals surface area contributed by atoms with Crippen molar-refractivity contribution in [1.82, 2.24) is 68.6 Å². The molecule has 0 radical (unpaired) electrons. The molecule has 2 aromatic carbocycles. The maximum Gasteiger partial charge on any atom is 0.410 e. The van der Waals surface area contributed by atoms with Gasteiger partial charge in [0.15, 0.2) is 11.6 Å². The lowest BCUT2D eigenvalue weighted by Crippen LogP contribution is -2.49. The number of hydrogen-bond donors (Lipinski definition) is 1. The molecule has 8 aromatic rings. The molecule has 2 N–H and O–H groups in total. The summed E-state index contributed by atoms with van der Waals surface area (Å²) < 4.78 is 73.0. The Hall–Kier alpha value is -7.89. The van der Waals surface area contributed by atoms with Crippen LogP contribution < -0.4 is 5.73 Å². The van der Waals surface area contributed by atoms with Crippen LogP contribution in [0.1, 0.15) is 116 Å². The second-order valence-electron chi connectivity index (χ2n) is 23.7. The van der Waals surface area contributed by atoms with Gasteiger partial charge in [0, 0.05) is 130 Å². The highest BCUT2D eigenvalue weighted by molar-refractivity contribution is 6.28. The number of pyridine rings is 2. The molecule has 85 heavy (non-hydrogen) atoms. The van der Waals surface area contributed by atoms with E-state index in [1.807, 2.05) is 92.2 Å². The summed E-state index contributed by atoms with van der Waals surface area (Å²) in [5, 5.41) is 0.258. The number of halogens is 5. The van der Waals surface area contributed by atoms with Gasteiger partial charge in [-0.3, -0.25) is 14.8 Å². The first kappa shape index (κ1) is 63.1. The Morgan fingerprint density at radius 2 is 0.953 bits per heavy atom. The molecule has 452 valence electrons. The van der Waals surface area contributed by atoms with Gasteiger partial charge in [-0.25, -0.2) is 62.0 Å². The molecule has 8 heterocycles. The topological polar surface area (TPSA) is 205 Å². The minimum absolute atomic E-state index is 0.0736. The van der Waals surface area contributed by atoms with Gasteiger partial charge < -0.3 is 34.1 Å². The Balaban J connectivity index is 0.000000183. The van der Waals surface area contributed by atoms with Crippen molar-refractivity contribution in [1.29, 1.82) is 0 Å². The summed E-state index contributed by atoms with van der Waals surface area (Å²) in [6.45, 7) is 29.9. The van der Waals surface area contributed by atoms with Crippen LogP contribution in [0.15, 0.2) is 73.6 Å². The van der Waals surface area contributed by atoms with E-state index in [1.165, 1.54) is 18.2 Å². The summed E-state index contributed by atoms with van der Waals surface area (Å²) in [6.07, 6.45) is 9.01. The Kier molecular flexibility index (Phi) is 19.7. The Morgan fingerprint density at radius 1 is 0.553 bits per heavy atom. The number of rotatable bonds is 10. The first-order chi connectivity index (χ1) is 40.1. The highest BCUT2D eigenvalue weighted by Gasteiger charge is 2.28. The molecule has 24 heteroatoms. The minimum Gasteiger partial charge on any atom is -0.444 e. The van der Waals surface area contributed by atoms with Crippen molar-refractivity contribution >= 4 is 51.7 Å². The summed E-state index contributed by atoms with van der Waals surface area (Å²) in [4.78, 5) is 65.8. The molecule has 2 aliphatic rings. The first-order valence-corrected chi connectivity index (χ1v) is 28.6. The van der Waals surface area contributed by atoms with Gasteiger partial charge in [-0.1, -0.05) is 0 Å². The number of carbonyl (C=O) groups excluding carboxylic acids is 2. The van der Waals surface area contributed by atoms with Crippen molar-refractivity contribution < 1.29 is 36.6 Å². The summed E-state index contributed by atoms with van der Waals surface area (Å²) in [6, 6.07) is 9.32. The lowest BCUT2D eigenvalue weighted by Gasteiger charge is -2.35. The number of piperazine rings is 2. The Labute approximate surface area is 497 Å². The fourth-order valence-electron chi connectivity index (χ4n) is 10.1. The SMILES string of the molecule is CC(C)(C)OC(=O)N1CCN(Cc2cnc(Cl)nc2)CC1.Cc1nc2c(F)cc(-c3cc(Cc4ncc(CN5CCN(C(=O)OC(C)(C)C)CC5)cn4)ncc3F)cc2n1C(C)C.Cc1nc2c(F)cc(-c3cc(N)ncc3F)cc2n1C(C)C. The number of aryl methyl sites for hydroxylation is 2.